The number of likely N-dealkylation sites (tertiary alicyclic amines) is 2. The summed E-state index contributed by atoms with van der Waals surface area (Å²) in [6.07, 6.45) is 3.00. The minimum absolute atomic E-state index is 0.0124. The van der Waals surface area contributed by atoms with Gasteiger partial charge in [-0.05, 0) is 25.5 Å². The molecule has 2 fully saturated rings. The van der Waals surface area contributed by atoms with E-state index in [9.17, 15) is 9.59 Å². The first-order chi connectivity index (χ1) is 11.1. The molecule has 2 aromatic rings. The van der Waals surface area contributed by atoms with Crippen molar-refractivity contribution in [2.24, 2.45) is 0 Å². The van der Waals surface area contributed by atoms with Crippen molar-refractivity contribution in [3.63, 3.8) is 0 Å². The molecule has 2 amide bonds. The fourth-order valence-electron chi connectivity index (χ4n) is 3.66. The molecule has 6 nitrogen and oxygen atoms in total. The number of fused-ring (bicyclic) bond motifs is 1. The first-order valence-corrected chi connectivity index (χ1v) is 8.66. The number of hydrogen-bond acceptors (Lipinski definition) is 4. The number of carbonyl (C=O) groups excluding carboxylic acids is 2. The molecule has 2 saturated heterocycles. The van der Waals surface area contributed by atoms with Crippen LogP contribution in [0.25, 0.3) is 0 Å². The van der Waals surface area contributed by atoms with Gasteiger partial charge < -0.3 is 14.8 Å². The number of hydrogen-bond donors (Lipinski definition) is 1. The Labute approximate surface area is 138 Å². The van der Waals surface area contributed by atoms with Gasteiger partial charge in [-0.3, -0.25) is 9.59 Å². The van der Waals surface area contributed by atoms with Gasteiger partial charge in [-0.1, -0.05) is 0 Å². The number of amides is 2. The normalized spacial score (nSPS) is 23.6. The highest BCUT2D eigenvalue weighted by Gasteiger charge is 2.48. The Morgan fingerprint density at radius 3 is 3.04 bits per heavy atom. The number of aromatic nitrogens is 2. The maximum atomic E-state index is 12.6. The molecular formula is C16H18N4O2S. The standard InChI is InChI=1S/C16H18N4O2S/c1-10-18-11(9-23-10)8-20-13-4-6-19(14(13)7-15(20)21)16(22)12-3-2-5-17-12/h2-3,5,9,13-14,17H,4,6-8H2,1H3/t13-,14+/m1/s1. The van der Waals surface area contributed by atoms with Gasteiger partial charge in [-0.2, -0.15) is 0 Å². The summed E-state index contributed by atoms with van der Waals surface area (Å²) in [5.74, 6) is 0.108. The highest BCUT2D eigenvalue weighted by atomic mass is 32.1. The number of carbonyl (C=O) groups is 2. The summed E-state index contributed by atoms with van der Waals surface area (Å²) in [5, 5.41) is 3.02. The van der Waals surface area contributed by atoms with E-state index >= 15 is 0 Å². The smallest absolute Gasteiger partial charge is 0.270 e. The Morgan fingerprint density at radius 1 is 1.48 bits per heavy atom. The van der Waals surface area contributed by atoms with Gasteiger partial charge in [0, 0.05) is 24.5 Å². The summed E-state index contributed by atoms with van der Waals surface area (Å²) in [6.45, 7) is 3.22. The van der Waals surface area contributed by atoms with E-state index < -0.39 is 0 Å². The number of nitrogens with one attached hydrogen (secondary N) is 1. The number of thiazole rings is 1. The maximum absolute atomic E-state index is 12.6. The minimum atomic E-state index is -0.0157. The van der Waals surface area contributed by atoms with Crippen molar-refractivity contribution in [1.82, 2.24) is 19.8 Å². The van der Waals surface area contributed by atoms with Crippen molar-refractivity contribution >= 4 is 23.2 Å². The predicted molar refractivity (Wildman–Crippen MR) is 86.0 cm³/mol. The Morgan fingerprint density at radius 2 is 2.35 bits per heavy atom. The SMILES string of the molecule is Cc1nc(CN2C(=O)C[C@H]3[C@H]2CCN3C(=O)c2ccc[nH]2)cs1. The monoisotopic (exact) mass is 330 g/mol. The molecule has 0 spiro atoms. The molecule has 120 valence electrons. The van der Waals surface area contributed by atoms with Crippen LogP contribution in [0.4, 0.5) is 0 Å². The van der Waals surface area contributed by atoms with Gasteiger partial charge in [0.05, 0.1) is 29.3 Å². The molecule has 2 aliphatic rings. The van der Waals surface area contributed by atoms with Gasteiger partial charge in [0.15, 0.2) is 0 Å². The predicted octanol–water partition coefficient (Wildman–Crippen LogP) is 1.80. The van der Waals surface area contributed by atoms with Crippen molar-refractivity contribution in [1.29, 1.82) is 0 Å². The Balaban J connectivity index is 1.52. The number of aromatic amines is 1. The fraction of sp³-hybridized carbons (Fsp3) is 0.438. The molecule has 0 bridgehead atoms. The first-order valence-electron chi connectivity index (χ1n) is 7.78. The lowest BCUT2D eigenvalue weighted by Gasteiger charge is -2.24. The summed E-state index contributed by atoms with van der Waals surface area (Å²) in [7, 11) is 0. The topological polar surface area (TPSA) is 69.3 Å². The molecule has 23 heavy (non-hydrogen) atoms. The van der Waals surface area contributed by atoms with E-state index in [2.05, 4.69) is 9.97 Å². The van der Waals surface area contributed by atoms with Crippen LogP contribution in [0.1, 0.15) is 34.0 Å². The zero-order chi connectivity index (χ0) is 16.0. The third-order valence-corrected chi connectivity index (χ3v) is 5.53. The number of H-pyrrole nitrogens is 1. The lowest BCUT2D eigenvalue weighted by Crippen LogP contribution is -2.39. The Bertz CT molecular complexity index is 739. The second-order valence-corrected chi connectivity index (χ2v) is 7.15. The van der Waals surface area contributed by atoms with Gasteiger partial charge in [0.2, 0.25) is 5.91 Å². The highest BCUT2D eigenvalue weighted by Crippen LogP contribution is 2.34. The zero-order valence-corrected chi connectivity index (χ0v) is 13.7. The second kappa shape index (κ2) is 5.49. The Kier molecular flexibility index (Phi) is 3.45. The van der Waals surface area contributed by atoms with E-state index in [0.717, 1.165) is 17.1 Å². The molecule has 7 heteroatoms. The molecule has 0 aromatic carbocycles. The van der Waals surface area contributed by atoms with Crippen molar-refractivity contribution in [2.45, 2.75) is 38.4 Å². The molecule has 4 rings (SSSR count). The van der Waals surface area contributed by atoms with Gasteiger partial charge in [-0.25, -0.2) is 4.98 Å². The van der Waals surface area contributed by atoms with Crippen LogP contribution < -0.4 is 0 Å². The van der Waals surface area contributed by atoms with Crippen LogP contribution in [0.3, 0.4) is 0 Å². The molecule has 2 atom stereocenters. The van der Waals surface area contributed by atoms with Gasteiger partial charge in [0.1, 0.15) is 5.69 Å². The van der Waals surface area contributed by atoms with Gasteiger partial charge in [0.25, 0.3) is 5.91 Å². The van der Waals surface area contributed by atoms with Crippen molar-refractivity contribution < 1.29 is 9.59 Å². The van der Waals surface area contributed by atoms with Gasteiger partial charge >= 0.3 is 0 Å². The van der Waals surface area contributed by atoms with E-state index in [4.69, 9.17) is 0 Å². The van der Waals surface area contributed by atoms with E-state index in [1.165, 1.54) is 0 Å². The van der Waals surface area contributed by atoms with E-state index in [1.54, 1.807) is 23.6 Å². The van der Waals surface area contributed by atoms with E-state index in [0.29, 0.717) is 25.2 Å². The van der Waals surface area contributed by atoms with E-state index in [-0.39, 0.29) is 23.9 Å². The molecule has 1 N–H and O–H groups in total. The van der Waals surface area contributed by atoms with Crippen LogP contribution in [0.5, 0.6) is 0 Å². The third-order valence-electron chi connectivity index (χ3n) is 4.70. The summed E-state index contributed by atoms with van der Waals surface area (Å²) in [5.41, 5.74) is 1.53. The summed E-state index contributed by atoms with van der Waals surface area (Å²) < 4.78 is 0. The third kappa shape index (κ3) is 2.45. The van der Waals surface area contributed by atoms with Crippen LogP contribution in [-0.2, 0) is 11.3 Å². The number of rotatable bonds is 3. The largest absolute Gasteiger partial charge is 0.357 e. The highest BCUT2D eigenvalue weighted by molar-refractivity contribution is 7.09. The molecular weight excluding hydrogens is 312 g/mol. The molecule has 0 unspecified atom stereocenters. The number of nitrogens with zero attached hydrogens (tertiary/aromatic N) is 3. The molecule has 2 aliphatic heterocycles. The van der Waals surface area contributed by atoms with Crippen LogP contribution in [-0.4, -0.2) is 50.2 Å². The van der Waals surface area contributed by atoms with Crippen molar-refractivity contribution in [2.75, 3.05) is 6.54 Å². The fourth-order valence-corrected chi connectivity index (χ4v) is 4.26. The summed E-state index contributed by atoms with van der Waals surface area (Å²) in [6, 6.07) is 3.70. The van der Waals surface area contributed by atoms with Crippen LogP contribution >= 0.6 is 11.3 Å². The first kappa shape index (κ1) is 14.4. The lowest BCUT2D eigenvalue weighted by molar-refractivity contribution is -0.129. The quantitative estimate of drug-likeness (QED) is 0.933. The molecule has 0 radical (unpaired) electrons. The number of aryl methyl sites for hydroxylation is 1. The molecule has 2 aromatic heterocycles. The Hall–Kier alpha value is -2.15. The summed E-state index contributed by atoms with van der Waals surface area (Å²) >= 11 is 1.60. The van der Waals surface area contributed by atoms with Crippen LogP contribution in [0.2, 0.25) is 0 Å². The molecule has 4 heterocycles. The van der Waals surface area contributed by atoms with Gasteiger partial charge in [-0.15, -0.1) is 11.3 Å². The molecule has 0 saturated carbocycles. The van der Waals surface area contributed by atoms with Crippen molar-refractivity contribution in [3.8, 4) is 0 Å². The second-order valence-electron chi connectivity index (χ2n) is 6.09. The van der Waals surface area contributed by atoms with Crippen LogP contribution in [0, 0.1) is 6.92 Å². The van der Waals surface area contributed by atoms with E-state index in [1.807, 2.05) is 28.2 Å². The minimum Gasteiger partial charge on any atom is -0.357 e. The average Bonchev–Trinajstić information content (AvgIpc) is 3.27. The van der Waals surface area contributed by atoms with Crippen molar-refractivity contribution in [3.05, 3.63) is 40.1 Å². The maximum Gasteiger partial charge on any atom is 0.270 e. The lowest BCUT2D eigenvalue weighted by atomic mass is 10.1. The molecule has 0 aliphatic carbocycles. The van der Waals surface area contributed by atoms with Crippen LogP contribution in [0.15, 0.2) is 23.7 Å². The summed E-state index contributed by atoms with van der Waals surface area (Å²) in [4.78, 5) is 36.2. The average molecular weight is 330 g/mol. The zero-order valence-electron chi connectivity index (χ0n) is 12.9.